The smallest absolute Gasteiger partial charge is 0.138 e. The van der Waals surface area contributed by atoms with Gasteiger partial charge >= 0.3 is 0 Å². The summed E-state index contributed by atoms with van der Waals surface area (Å²) in [6, 6.07) is 0. The third kappa shape index (κ3) is 2.89. The summed E-state index contributed by atoms with van der Waals surface area (Å²) in [7, 11) is 0. The van der Waals surface area contributed by atoms with Crippen molar-refractivity contribution in [2.24, 2.45) is 11.3 Å². The molecule has 0 aromatic heterocycles. The monoisotopic (exact) mass is 240 g/mol. The summed E-state index contributed by atoms with van der Waals surface area (Å²) in [6.45, 7) is 13.8. The van der Waals surface area contributed by atoms with Crippen molar-refractivity contribution in [3.63, 3.8) is 0 Å². The minimum Gasteiger partial charge on any atom is -0.299 e. The Morgan fingerprint density at radius 1 is 1.24 bits per heavy atom. The third-order valence-corrected chi connectivity index (χ3v) is 3.72. The van der Waals surface area contributed by atoms with Gasteiger partial charge in [0.2, 0.25) is 0 Å². The van der Waals surface area contributed by atoms with E-state index >= 15 is 0 Å². The molecule has 1 atom stereocenters. The molecule has 1 rings (SSSR count). The van der Waals surface area contributed by atoms with Gasteiger partial charge in [0.25, 0.3) is 0 Å². The van der Waals surface area contributed by atoms with Crippen LogP contribution >= 0.6 is 0 Å². The van der Waals surface area contributed by atoms with Crippen molar-refractivity contribution < 1.29 is 10.0 Å². The zero-order valence-electron chi connectivity index (χ0n) is 12.3. The van der Waals surface area contributed by atoms with Crippen LogP contribution in [-0.2, 0) is 10.0 Å². The summed E-state index contributed by atoms with van der Waals surface area (Å²) in [5, 5.41) is 13.3. The van der Waals surface area contributed by atoms with E-state index in [9.17, 15) is 10.0 Å². The summed E-state index contributed by atoms with van der Waals surface area (Å²) < 4.78 is 0. The van der Waals surface area contributed by atoms with Crippen molar-refractivity contribution in [2.75, 3.05) is 0 Å². The number of carbonyl (C=O) groups is 1. The molecule has 1 radical (unpaired) electrons. The van der Waals surface area contributed by atoms with Crippen LogP contribution in [-0.4, -0.2) is 21.9 Å². The topological polar surface area (TPSA) is 40.2 Å². The van der Waals surface area contributed by atoms with Crippen LogP contribution < -0.4 is 0 Å². The van der Waals surface area contributed by atoms with Crippen LogP contribution in [0.2, 0.25) is 0 Å². The van der Waals surface area contributed by atoms with Gasteiger partial charge < -0.3 is 0 Å². The average molecular weight is 240 g/mol. The molecule has 1 aliphatic heterocycles. The summed E-state index contributed by atoms with van der Waals surface area (Å²) in [4.78, 5) is 12.3. The minimum absolute atomic E-state index is 0.00634. The Balaban J connectivity index is 2.90. The van der Waals surface area contributed by atoms with E-state index in [-0.39, 0.29) is 17.1 Å². The van der Waals surface area contributed by atoms with Crippen LogP contribution in [0.15, 0.2) is 0 Å². The van der Waals surface area contributed by atoms with Gasteiger partial charge in [-0.25, -0.2) is 0 Å². The van der Waals surface area contributed by atoms with Gasteiger partial charge in [-0.05, 0) is 39.5 Å². The van der Waals surface area contributed by atoms with E-state index in [2.05, 4.69) is 20.8 Å². The van der Waals surface area contributed by atoms with E-state index in [1.54, 1.807) is 0 Å². The molecule has 1 unspecified atom stereocenters. The Kier molecular flexibility index (Phi) is 3.50. The molecule has 1 saturated heterocycles. The lowest BCUT2D eigenvalue weighted by Crippen LogP contribution is -2.47. The molecule has 0 spiro atoms. The van der Waals surface area contributed by atoms with Gasteiger partial charge in [0.05, 0.1) is 5.54 Å². The van der Waals surface area contributed by atoms with Gasteiger partial charge in [0.15, 0.2) is 0 Å². The molecule has 1 fully saturated rings. The molecule has 0 amide bonds. The molecule has 0 N–H and O–H groups in total. The Morgan fingerprint density at radius 3 is 2.00 bits per heavy atom. The summed E-state index contributed by atoms with van der Waals surface area (Å²) in [5.41, 5.74) is -1.01. The number of ketones is 1. The molecule has 0 aromatic carbocycles. The molecule has 3 heteroatoms. The first-order chi connectivity index (χ1) is 7.38. The van der Waals surface area contributed by atoms with E-state index < -0.39 is 11.1 Å². The second-order valence-corrected chi connectivity index (χ2v) is 7.72. The molecule has 0 aromatic rings. The van der Waals surface area contributed by atoms with Crippen molar-refractivity contribution >= 4 is 5.78 Å². The Bertz CT molecular complexity index is 313. The van der Waals surface area contributed by atoms with Crippen LogP contribution in [0.4, 0.5) is 0 Å². The Morgan fingerprint density at radius 2 is 1.71 bits per heavy atom. The molecule has 0 aliphatic carbocycles. The van der Waals surface area contributed by atoms with Crippen LogP contribution in [0.25, 0.3) is 0 Å². The van der Waals surface area contributed by atoms with Crippen molar-refractivity contribution in [1.82, 2.24) is 5.06 Å². The molecule has 1 aliphatic rings. The third-order valence-electron chi connectivity index (χ3n) is 3.72. The SMILES string of the molecule is CC(C)(C)CC(=O)C1CC(C)(C)N([O])C1(C)C. The fraction of sp³-hybridized carbons (Fsp3) is 0.929. The minimum atomic E-state index is -0.578. The van der Waals surface area contributed by atoms with Crippen LogP contribution in [0.1, 0.15) is 61.3 Å². The predicted octanol–water partition coefficient (Wildman–Crippen LogP) is 3.22. The first-order valence-corrected chi connectivity index (χ1v) is 6.38. The number of hydrogen-bond acceptors (Lipinski definition) is 2. The number of nitrogens with zero attached hydrogens (tertiary/aromatic N) is 1. The number of hydroxylamine groups is 2. The highest BCUT2D eigenvalue weighted by atomic mass is 16.5. The number of rotatable bonds is 2. The largest absolute Gasteiger partial charge is 0.299 e. The van der Waals surface area contributed by atoms with Crippen molar-refractivity contribution in [2.45, 2.75) is 72.4 Å². The highest BCUT2D eigenvalue weighted by Crippen LogP contribution is 2.45. The van der Waals surface area contributed by atoms with E-state index in [1.807, 2.05) is 27.7 Å². The quantitative estimate of drug-likeness (QED) is 0.743. The molecule has 1 heterocycles. The highest BCUT2D eigenvalue weighted by molar-refractivity contribution is 5.83. The van der Waals surface area contributed by atoms with Crippen molar-refractivity contribution in [3.8, 4) is 0 Å². The number of Topliss-reactive ketones (excluding diaryl/α,β-unsaturated/α-hetero) is 1. The maximum Gasteiger partial charge on any atom is 0.138 e. The molecule has 17 heavy (non-hydrogen) atoms. The number of carbonyl (C=O) groups excluding carboxylic acids is 1. The lowest BCUT2D eigenvalue weighted by Gasteiger charge is -2.33. The Labute approximate surface area is 105 Å². The Hall–Kier alpha value is -0.410. The van der Waals surface area contributed by atoms with Gasteiger partial charge in [-0.3, -0.25) is 4.79 Å². The molecule has 0 saturated carbocycles. The van der Waals surface area contributed by atoms with Crippen molar-refractivity contribution in [3.05, 3.63) is 0 Å². The first-order valence-electron chi connectivity index (χ1n) is 6.38. The maximum absolute atomic E-state index is 12.3. The normalized spacial score (nSPS) is 28.4. The van der Waals surface area contributed by atoms with Gasteiger partial charge in [0.1, 0.15) is 5.78 Å². The van der Waals surface area contributed by atoms with Crippen LogP contribution in [0.5, 0.6) is 0 Å². The van der Waals surface area contributed by atoms with Crippen molar-refractivity contribution in [1.29, 1.82) is 0 Å². The zero-order valence-corrected chi connectivity index (χ0v) is 12.3. The molecule has 0 bridgehead atoms. The first kappa shape index (κ1) is 14.7. The van der Waals surface area contributed by atoms with Gasteiger partial charge in [-0.1, -0.05) is 20.8 Å². The molecule has 3 nitrogen and oxygen atoms in total. The highest BCUT2D eigenvalue weighted by Gasteiger charge is 2.54. The van der Waals surface area contributed by atoms with E-state index in [0.29, 0.717) is 12.8 Å². The molecule has 99 valence electrons. The van der Waals surface area contributed by atoms with Gasteiger partial charge in [-0.2, -0.15) is 0 Å². The summed E-state index contributed by atoms with van der Waals surface area (Å²) in [6.07, 6.45) is 1.21. The van der Waals surface area contributed by atoms with E-state index in [0.717, 1.165) is 5.06 Å². The standard InChI is InChI=1S/C14H26NO2/c1-12(2,3)9-11(16)10-8-13(4,5)15(17)14(10,6)7/h10H,8-9H2,1-7H3. The van der Waals surface area contributed by atoms with Crippen LogP contribution in [0, 0.1) is 11.3 Å². The summed E-state index contributed by atoms with van der Waals surface area (Å²) in [5.74, 6) is 0.0863. The number of hydrogen-bond donors (Lipinski definition) is 0. The fourth-order valence-corrected chi connectivity index (χ4v) is 2.91. The average Bonchev–Trinajstić information content (AvgIpc) is 2.23. The predicted molar refractivity (Wildman–Crippen MR) is 67.9 cm³/mol. The lowest BCUT2D eigenvalue weighted by atomic mass is 9.78. The lowest BCUT2D eigenvalue weighted by molar-refractivity contribution is -0.247. The zero-order chi connectivity index (χ0) is 13.6. The fourth-order valence-electron chi connectivity index (χ4n) is 2.91. The second kappa shape index (κ2) is 4.06. The second-order valence-electron chi connectivity index (χ2n) is 7.72. The molecular formula is C14H26NO2. The van der Waals surface area contributed by atoms with E-state index in [1.165, 1.54) is 0 Å². The summed E-state index contributed by atoms with van der Waals surface area (Å²) >= 11 is 0. The van der Waals surface area contributed by atoms with Gasteiger partial charge in [-0.15, -0.1) is 10.3 Å². The van der Waals surface area contributed by atoms with Gasteiger partial charge in [0, 0.05) is 17.9 Å². The van der Waals surface area contributed by atoms with E-state index in [4.69, 9.17) is 0 Å². The van der Waals surface area contributed by atoms with Crippen LogP contribution in [0.3, 0.4) is 0 Å². The maximum atomic E-state index is 12.3. The molecular weight excluding hydrogens is 214 g/mol.